The Bertz CT molecular complexity index is 803. The number of imide groups is 1. The van der Waals surface area contributed by atoms with E-state index >= 15 is 0 Å². The third-order valence-electron chi connectivity index (χ3n) is 4.78. The number of ether oxygens (including phenoxy) is 1. The van der Waals surface area contributed by atoms with Gasteiger partial charge in [0.25, 0.3) is 5.91 Å². The van der Waals surface area contributed by atoms with Crippen molar-refractivity contribution in [2.24, 2.45) is 5.92 Å². The summed E-state index contributed by atoms with van der Waals surface area (Å²) in [5.41, 5.74) is 1.35. The van der Waals surface area contributed by atoms with E-state index in [0.717, 1.165) is 34.6 Å². The highest BCUT2D eigenvalue weighted by Gasteiger charge is 2.35. The number of anilines is 1. The number of rotatable bonds is 5. The smallest absolute Gasteiger partial charge is 0.341 e. The number of carbonyl (C=O) groups excluding carboxylic acids is 4. The van der Waals surface area contributed by atoms with Gasteiger partial charge in [-0.15, -0.1) is 11.3 Å². The molecule has 27 heavy (non-hydrogen) atoms. The number of hydrogen-bond donors (Lipinski definition) is 1. The summed E-state index contributed by atoms with van der Waals surface area (Å²) in [7, 11) is 1.51. The van der Waals surface area contributed by atoms with Gasteiger partial charge in [0.2, 0.25) is 5.91 Å². The zero-order valence-electron chi connectivity index (χ0n) is 15.7. The van der Waals surface area contributed by atoms with Crippen molar-refractivity contribution in [2.45, 2.75) is 33.1 Å². The summed E-state index contributed by atoms with van der Waals surface area (Å²) < 4.78 is 5.17. The Labute approximate surface area is 161 Å². The van der Waals surface area contributed by atoms with Crippen molar-refractivity contribution in [3.05, 3.63) is 16.0 Å². The number of amides is 4. The topological polar surface area (TPSA) is 96.0 Å². The average molecular weight is 393 g/mol. The lowest BCUT2D eigenvalue weighted by Crippen LogP contribution is -2.38. The Kier molecular flexibility index (Phi) is 5.50. The highest BCUT2D eigenvalue weighted by atomic mass is 32.1. The normalized spacial score (nSPS) is 19.3. The van der Waals surface area contributed by atoms with Gasteiger partial charge in [-0.3, -0.25) is 14.5 Å². The summed E-state index contributed by atoms with van der Waals surface area (Å²) in [6.45, 7) is 3.73. The second-order valence-corrected chi connectivity index (χ2v) is 8.05. The highest BCUT2D eigenvalue weighted by molar-refractivity contribution is 7.17. The van der Waals surface area contributed by atoms with E-state index in [0.29, 0.717) is 16.5 Å². The lowest BCUT2D eigenvalue weighted by molar-refractivity contribution is -0.129. The van der Waals surface area contributed by atoms with Crippen molar-refractivity contribution in [3.8, 4) is 0 Å². The summed E-state index contributed by atoms with van der Waals surface area (Å²) in [4.78, 5) is 52.0. The third kappa shape index (κ3) is 3.83. The minimum Gasteiger partial charge on any atom is -0.462 e. The molecule has 0 radical (unpaired) electrons. The van der Waals surface area contributed by atoms with Gasteiger partial charge in [-0.1, -0.05) is 6.92 Å². The van der Waals surface area contributed by atoms with Crippen LogP contribution in [0.15, 0.2) is 0 Å². The van der Waals surface area contributed by atoms with Gasteiger partial charge >= 0.3 is 12.0 Å². The zero-order chi connectivity index (χ0) is 19.7. The lowest BCUT2D eigenvalue weighted by Gasteiger charge is -2.18. The third-order valence-corrected chi connectivity index (χ3v) is 5.95. The van der Waals surface area contributed by atoms with E-state index in [1.807, 2.05) is 0 Å². The molecule has 1 aliphatic heterocycles. The largest absolute Gasteiger partial charge is 0.462 e. The Morgan fingerprint density at radius 1 is 1.33 bits per heavy atom. The molecule has 1 aromatic rings. The van der Waals surface area contributed by atoms with Crippen LogP contribution in [0.5, 0.6) is 0 Å². The van der Waals surface area contributed by atoms with Gasteiger partial charge < -0.3 is 15.0 Å². The molecule has 146 valence electrons. The fourth-order valence-corrected chi connectivity index (χ4v) is 4.81. The molecule has 1 N–H and O–H groups in total. The van der Waals surface area contributed by atoms with E-state index in [2.05, 4.69) is 12.2 Å². The van der Waals surface area contributed by atoms with Crippen LogP contribution in [-0.4, -0.2) is 60.4 Å². The standard InChI is InChI=1S/C18H23N3O5S/c1-4-26-17(24)15-11-6-5-10(2)7-12(11)27-16(15)19-13(22)8-21-14(23)9-20(3)18(21)25/h10H,4-9H2,1-3H3,(H,19,22)/t10-/m0/s1. The maximum Gasteiger partial charge on any atom is 0.341 e. The summed E-state index contributed by atoms with van der Waals surface area (Å²) in [5.74, 6) is -0.857. The molecule has 0 saturated carbocycles. The van der Waals surface area contributed by atoms with Crippen LogP contribution in [0.1, 0.15) is 41.1 Å². The molecule has 9 heteroatoms. The number of urea groups is 1. The molecule has 1 fully saturated rings. The number of carbonyl (C=O) groups is 4. The molecule has 8 nitrogen and oxygen atoms in total. The summed E-state index contributed by atoms with van der Waals surface area (Å²) in [5, 5.41) is 3.15. The minimum absolute atomic E-state index is 0.0363. The molecular formula is C18H23N3O5S. The second-order valence-electron chi connectivity index (χ2n) is 6.94. The Balaban J connectivity index is 1.81. The van der Waals surface area contributed by atoms with E-state index in [1.165, 1.54) is 23.3 Å². The monoisotopic (exact) mass is 393 g/mol. The first kappa shape index (κ1) is 19.3. The van der Waals surface area contributed by atoms with Crippen LogP contribution in [-0.2, 0) is 27.2 Å². The number of likely N-dealkylation sites (N-methyl/N-ethyl adjacent to an activating group) is 1. The molecular weight excluding hydrogens is 370 g/mol. The van der Waals surface area contributed by atoms with Crippen LogP contribution in [0.4, 0.5) is 9.80 Å². The first-order valence-corrected chi connectivity index (χ1v) is 9.80. The lowest BCUT2D eigenvalue weighted by atomic mass is 9.88. The van der Waals surface area contributed by atoms with Gasteiger partial charge in [-0.05, 0) is 37.7 Å². The molecule has 2 aliphatic rings. The number of nitrogens with zero attached hydrogens (tertiary/aromatic N) is 2. The average Bonchev–Trinajstić information content (AvgIpc) is 3.06. The molecule has 3 rings (SSSR count). The van der Waals surface area contributed by atoms with Crippen molar-refractivity contribution < 1.29 is 23.9 Å². The Hall–Kier alpha value is -2.42. The Morgan fingerprint density at radius 3 is 2.70 bits per heavy atom. The molecule has 1 aromatic heterocycles. The number of hydrogen-bond acceptors (Lipinski definition) is 6. The molecule has 1 saturated heterocycles. The number of thiophene rings is 1. The van der Waals surface area contributed by atoms with E-state index < -0.39 is 23.8 Å². The second kappa shape index (κ2) is 7.67. The molecule has 0 spiro atoms. The van der Waals surface area contributed by atoms with Gasteiger partial charge in [0.05, 0.1) is 12.2 Å². The predicted octanol–water partition coefficient (Wildman–Crippen LogP) is 1.88. The van der Waals surface area contributed by atoms with Crippen molar-refractivity contribution >= 4 is 40.2 Å². The maximum absolute atomic E-state index is 12.5. The van der Waals surface area contributed by atoms with Crippen molar-refractivity contribution in [1.29, 1.82) is 0 Å². The van der Waals surface area contributed by atoms with Crippen LogP contribution in [0.3, 0.4) is 0 Å². The minimum atomic E-state index is -0.510. The highest BCUT2D eigenvalue weighted by Crippen LogP contribution is 2.40. The van der Waals surface area contributed by atoms with Gasteiger partial charge in [-0.2, -0.15) is 0 Å². The first-order chi connectivity index (χ1) is 12.8. The van der Waals surface area contributed by atoms with Crippen LogP contribution in [0.2, 0.25) is 0 Å². The van der Waals surface area contributed by atoms with Crippen LogP contribution >= 0.6 is 11.3 Å². The number of fused-ring (bicyclic) bond motifs is 1. The Morgan fingerprint density at radius 2 is 2.07 bits per heavy atom. The zero-order valence-corrected chi connectivity index (χ0v) is 16.5. The fourth-order valence-electron chi connectivity index (χ4n) is 3.39. The molecule has 1 aliphatic carbocycles. The van der Waals surface area contributed by atoms with Crippen LogP contribution in [0, 0.1) is 5.92 Å². The number of esters is 1. The van der Waals surface area contributed by atoms with E-state index in [4.69, 9.17) is 4.74 Å². The van der Waals surface area contributed by atoms with E-state index in [-0.39, 0.29) is 19.7 Å². The summed E-state index contributed by atoms with van der Waals surface area (Å²) in [6.07, 6.45) is 2.60. The maximum atomic E-state index is 12.5. The van der Waals surface area contributed by atoms with E-state index in [1.54, 1.807) is 6.92 Å². The molecule has 0 bridgehead atoms. The fraction of sp³-hybridized carbons (Fsp3) is 0.556. The first-order valence-electron chi connectivity index (χ1n) is 8.98. The van der Waals surface area contributed by atoms with Crippen molar-refractivity contribution in [2.75, 3.05) is 32.1 Å². The number of nitrogens with one attached hydrogen (secondary N) is 1. The molecule has 4 amide bonds. The predicted molar refractivity (Wildman–Crippen MR) is 99.8 cm³/mol. The van der Waals surface area contributed by atoms with Crippen molar-refractivity contribution in [3.63, 3.8) is 0 Å². The summed E-state index contributed by atoms with van der Waals surface area (Å²) in [6, 6.07) is -0.500. The molecule has 1 atom stereocenters. The van der Waals surface area contributed by atoms with Gasteiger partial charge in [0.1, 0.15) is 18.1 Å². The van der Waals surface area contributed by atoms with Crippen molar-refractivity contribution in [1.82, 2.24) is 9.80 Å². The molecule has 2 heterocycles. The van der Waals surface area contributed by atoms with Gasteiger partial charge in [0, 0.05) is 11.9 Å². The molecule has 0 aromatic carbocycles. The van der Waals surface area contributed by atoms with Gasteiger partial charge in [0.15, 0.2) is 0 Å². The van der Waals surface area contributed by atoms with Gasteiger partial charge in [-0.25, -0.2) is 9.59 Å². The van der Waals surface area contributed by atoms with Crippen LogP contribution < -0.4 is 5.32 Å². The quantitative estimate of drug-likeness (QED) is 0.609. The van der Waals surface area contributed by atoms with E-state index in [9.17, 15) is 19.2 Å². The van der Waals surface area contributed by atoms with Crippen LogP contribution in [0.25, 0.3) is 0 Å². The molecule has 0 unspecified atom stereocenters. The summed E-state index contributed by atoms with van der Waals surface area (Å²) >= 11 is 1.38. The SMILES string of the molecule is CCOC(=O)c1c(NC(=O)CN2C(=O)CN(C)C2=O)sc2c1CC[C@H](C)C2.